The monoisotopic (exact) mass is 416 g/mol. The van der Waals surface area contributed by atoms with Gasteiger partial charge in [0.15, 0.2) is 0 Å². The van der Waals surface area contributed by atoms with Gasteiger partial charge in [-0.05, 0) is 42.3 Å². The van der Waals surface area contributed by atoms with Gasteiger partial charge >= 0.3 is 0 Å². The van der Waals surface area contributed by atoms with Gasteiger partial charge in [-0.2, -0.15) is 0 Å². The Labute approximate surface area is 148 Å². The van der Waals surface area contributed by atoms with Gasteiger partial charge in [0.1, 0.15) is 0 Å². The zero-order chi connectivity index (χ0) is 17.2. The van der Waals surface area contributed by atoms with Crippen molar-refractivity contribution in [3.8, 4) is 0 Å². The van der Waals surface area contributed by atoms with Gasteiger partial charge in [-0.1, -0.05) is 39.7 Å². The third-order valence-electron chi connectivity index (χ3n) is 3.24. The topological polar surface area (TPSA) is 89.3 Å². The van der Waals surface area contributed by atoms with Gasteiger partial charge in [0.25, 0.3) is 5.91 Å². The summed E-state index contributed by atoms with van der Waals surface area (Å²) in [4.78, 5) is 12.2. The number of benzene rings is 2. The second kappa shape index (κ2) is 7.00. The number of sulfonamides is 1. The number of primary sulfonamides is 1. The number of nitrogens with two attached hydrogens (primary N) is 1. The largest absolute Gasteiger partial charge is 0.348 e. The fourth-order valence-corrected chi connectivity index (χ4v) is 3.24. The first kappa shape index (κ1) is 17.9. The van der Waals surface area contributed by atoms with E-state index >= 15 is 0 Å². The Kier molecular flexibility index (Phi) is 5.46. The van der Waals surface area contributed by atoms with Crippen LogP contribution in [0.4, 0.5) is 0 Å². The highest BCUT2D eigenvalue weighted by atomic mass is 79.9. The molecule has 0 unspecified atom stereocenters. The van der Waals surface area contributed by atoms with Gasteiger partial charge in [-0.3, -0.25) is 4.79 Å². The molecule has 5 nitrogen and oxygen atoms in total. The van der Waals surface area contributed by atoms with Gasteiger partial charge in [0.2, 0.25) is 10.0 Å². The fraction of sp³-hybridized carbons (Fsp3) is 0.133. The van der Waals surface area contributed by atoms with Gasteiger partial charge < -0.3 is 5.32 Å². The molecule has 8 heteroatoms. The summed E-state index contributed by atoms with van der Waals surface area (Å²) in [7, 11) is -3.86. The molecule has 0 saturated heterocycles. The Bertz CT molecular complexity index is 869. The third kappa shape index (κ3) is 4.54. The molecule has 0 saturated carbocycles. The molecule has 0 atom stereocenters. The van der Waals surface area contributed by atoms with E-state index in [0.29, 0.717) is 10.6 Å². The molecule has 0 aliphatic carbocycles. The molecule has 122 valence electrons. The minimum absolute atomic E-state index is 0.102. The Balaban J connectivity index is 2.21. The van der Waals surface area contributed by atoms with E-state index in [4.69, 9.17) is 16.7 Å². The Morgan fingerprint density at radius 3 is 2.57 bits per heavy atom. The molecular formula is C15H14BrClN2O3S. The van der Waals surface area contributed by atoms with Crippen LogP contribution in [0.2, 0.25) is 5.02 Å². The predicted molar refractivity (Wildman–Crippen MR) is 92.9 cm³/mol. The Hall–Kier alpha value is -1.41. The molecule has 0 radical (unpaired) electrons. The summed E-state index contributed by atoms with van der Waals surface area (Å²) >= 11 is 9.41. The van der Waals surface area contributed by atoms with Crippen LogP contribution in [0.5, 0.6) is 0 Å². The van der Waals surface area contributed by atoms with Crippen molar-refractivity contribution in [1.29, 1.82) is 0 Å². The Morgan fingerprint density at radius 2 is 1.96 bits per heavy atom. The van der Waals surface area contributed by atoms with Crippen LogP contribution in [0.3, 0.4) is 0 Å². The minimum Gasteiger partial charge on any atom is -0.348 e. The summed E-state index contributed by atoms with van der Waals surface area (Å²) in [5.74, 6) is -0.396. The van der Waals surface area contributed by atoms with E-state index in [2.05, 4.69) is 21.2 Å². The number of hydrogen-bond acceptors (Lipinski definition) is 3. The molecule has 0 aromatic heterocycles. The van der Waals surface area contributed by atoms with Crippen LogP contribution in [0.15, 0.2) is 45.8 Å². The summed E-state index contributed by atoms with van der Waals surface area (Å²) in [6.45, 7) is 1.94. The number of halogens is 2. The van der Waals surface area contributed by atoms with Gasteiger partial charge in [0, 0.05) is 21.6 Å². The number of carbonyl (C=O) groups is 1. The van der Waals surface area contributed by atoms with E-state index in [9.17, 15) is 13.2 Å². The van der Waals surface area contributed by atoms with Crippen molar-refractivity contribution < 1.29 is 13.2 Å². The van der Waals surface area contributed by atoms with E-state index in [1.54, 1.807) is 25.1 Å². The van der Waals surface area contributed by atoms with Crippen LogP contribution in [0, 0.1) is 6.92 Å². The molecule has 23 heavy (non-hydrogen) atoms. The maximum Gasteiger partial charge on any atom is 0.251 e. The quantitative estimate of drug-likeness (QED) is 0.801. The number of rotatable bonds is 4. The van der Waals surface area contributed by atoms with Crippen LogP contribution in [-0.2, 0) is 16.6 Å². The van der Waals surface area contributed by atoms with Gasteiger partial charge in [-0.25, -0.2) is 13.6 Å². The molecule has 2 aromatic carbocycles. The van der Waals surface area contributed by atoms with E-state index in [1.165, 1.54) is 12.1 Å². The number of aryl methyl sites for hydroxylation is 1. The smallest absolute Gasteiger partial charge is 0.251 e. The van der Waals surface area contributed by atoms with Crippen LogP contribution >= 0.6 is 27.5 Å². The van der Waals surface area contributed by atoms with Crippen molar-refractivity contribution in [2.75, 3.05) is 0 Å². The van der Waals surface area contributed by atoms with E-state index in [1.807, 2.05) is 6.07 Å². The lowest BCUT2D eigenvalue weighted by atomic mass is 10.1. The maximum absolute atomic E-state index is 12.3. The fourth-order valence-electron chi connectivity index (χ4n) is 1.96. The summed E-state index contributed by atoms with van der Waals surface area (Å²) in [6.07, 6.45) is 0. The SMILES string of the molecule is Cc1ccc(S(N)(=O)=O)cc1C(=O)NCc1ccc(Br)cc1Cl. The molecule has 0 spiro atoms. The van der Waals surface area contributed by atoms with Crippen molar-refractivity contribution in [3.05, 3.63) is 62.6 Å². The predicted octanol–water partition coefficient (Wildman–Crippen LogP) is 2.99. The van der Waals surface area contributed by atoms with Gasteiger partial charge in [-0.15, -0.1) is 0 Å². The number of carbonyl (C=O) groups excluding carboxylic acids is 1. The summed E-state index contributed by atoms with van der Waals surface area (Å²) in [6, 6.07) is 9.52. The third-order valence-corrected chi connectivity index (χ3v) is 4.99. The summed E-state index contributed by atoms with van der Waals surface area (Å²) in [5, 5.41) is 8.34. The second-order valence-electron chi connectivity index (χ2n) is 4.94. The maximum atomic E-state index is 12.3. The zero-order valence-electron chi connectivity index (χ0n) is 12.1. The Morgan fingerprint density at radius 1 is 1.26 bits per heavy atom. The molecule has 0 aliphatic heterocycles. The average Bonchev–Trinajstić information content (AvgIpc) is 2.45. The molecule has 2 rings (SSSR count). The zero-order valence-corrected chi connectivity index (χ0v) is 15.3. The van der Waals surface area contributed by atoms with Crippen molar-refractivity contribution in [2.45, 2.75) is 18.4 Å². The normalized spacial score (nSPS) is 11.3. The number of nitrogens with one attached hydrogen (secondary N) is 1. The van der Waals surface area contributed by atoms with Crippen LogP contribution in [0.1, 0.15) is 21.5 Å². The lowest BCUT2D eigenvalue weighted by Gasteiger charge is -2.10. The molecule has 1 amide bonds. The number of amides is 1. The molecule has 0 fully saturated rings. The standard InChI is InChI=1S/C15H14BrClN2O3S/c1-9-2-5-12(23(18,21)22)7-13(9)15(20)19-8-10-3-4-11(16)6-14(10)17/h2-7H,8H2,1H3,(H,19,20)(H2,18,21,22). The molecule has 0 bridgehead atoms. The van der Waals surface area contributed by atoms with Crippen molar-refractivity contribution >= 4 is 43.5 Å². The molecule has 3 N–H and O–H groups in total. The van der Waals surface area contributed by atoms with Crippen LogP contribution in [-0.4, -0.2) is 14.3 Å². The van der Waals surface area contributed by atoms with E-state index < -0.39 is 15.9 Å². The average molecular weight is 418 g/mol. The highest BCUT2D eigenvalue weighted by Crippen LogP contribution is 2.21. The highest BCUT2D eigenvalue weighted by molar-refractivity contribution is 9.10. The van der Waals surface area contributed by atoms with Gasteiger partial charge in [0.05, 0.1) is 4.90 Å². The first-order valence-corrected chi connectivity index (χ1v) is 9.26. The molecule has 2 aromatic rings. The summed E-state index contributed by atoms with van der Waals surface area (Å²) in [5.41, 5.74) is 1.66. The lowest BCUT2D eigenvalue weighted by Crippen LogP contribution is -2.24. The lowest BCUT2D eigenvalue weighted by molar-refractivity contribution is 0.0950. The molecule has 0 aliphatic rings. The molecular weight excluding hydrogens is 404 g/mol. The van der Waals surface area contributed by atoms with Crippen LogP contribution in [0.25, 0.3) is 0 Å². The summed E-state index contributed by atoms with van der Waals surface area (Å²) < 4.78 is 23.6. The van der Waals surface area contributed by atoms with Crippen molar-refractivity contribution in [1.82, 2.24) is 5.32 Å². The molecule has 0 heterocycles. The van der Waals surface area contributed by atoms with Crippen molar-refractivity contribution in [2.24, 2.45) is 5.14 Å². The van der Waals surface area contributed by atoms with Crippen molar-refractivity contribution in [3.63, 3.8) is 0 Å². The van der Waals surface area contributed by atoms with E-state index in [0.717, 1.165) is 10.0 Å². The highest BCUT2D eigenvalue weighted by Gasteiger charge is 2.15. The number of hydrogen-bond donors (Lipinski definition) is 2. The first-order valence-electron chi connectivity index (χ1n) is 6.54. The van der Waals surface area contributed by atoms with Crippen LogP contribution < -0.4 is 10.5 Å². The second-order valence-corrected chi connectivity index (χ2v) is 7.82. The van der Waals surface area contributed by atoms with E-state index in [-0.39, 0.29) is 17.0 Å². The minimum atomic E-state index is -3.86. The first-order chi connectivity index (χ1) is 10.7.